The molecule has 4 N–H and O–H groups in total. The van der Waals surface area contributed by atoms with E-state index in [1.807, 2.05) is 0 Å². The van der Waals surface area contributed by atoms with Gasteiger partial charge in [-0.2, -0.15) is 0 Å². The zero-order valence-corrected chi connectivity index (χ0v) is 8.53. The summed E-state index contributed by atoms with van der Waals surface area (Å²) in [5.41, 5.74) is 3.66. The molecule has 0 bridgehead atoms. The number of nitrogens with two attached hydrogens (primary N) is 1. The van der Waals surface area contributed by atoms with E-state index in [9.17, 15) is 22.4 Å². The summed E-state index contributed by atoms with van der Waals surface area (Å²) in [4.78, 5) is 10.5. The van der Waals surface area contributed by atoms with Crippen LogP contribution < -0.4 is 10.5 Å². The Morgan fingerprint density at radius 3 is 2.39 bits per heavy atom. The van der Waals surface area contributed by atoms with Crippen molar-refractivity contribution in [3.63, 3.8) is 0 Å². The highest BCUT2D eigenvalue weighted by molar-refractivity contribution is 5.78. The van der Waals surface area contributed by atoms with Crippen LogP contribution in [0.3, 0.4) is 0 Å². The summed E-state index contributed by atoms with van der Waals surface area (Å²) in [6, 6.07) is 0.845. The van der Waals surface area contributed by atoms with Gasteiger partial charge in [0, 0.05) is 11.6 Å². The third-order valence-electron chi connectivity index (χ3n) is 1.89. The van der Waals surface area contributed by atoms with Crippen molar-refractivity contribution in [1.82, 2.24) is 0 Å². The summed E-state index contributed by atoms with van der Waals surface area (Å²) >= 11 is 0. The fourth-order valence-corrected chi connectivity index (χ4v) is 1.18. The number of anilines is 1. The van der Waals surface area contributed by atoms with Crippen molar-refractivity contribution < 1.29 is 37.3 Å². The number of rotatable bonds is 3. The molecule has 1 aromatic rings. The van der Waals surface area contributed by atoms with Gasteiger partial charge < -0.3 is 20.7 Å². The van der Waals surface area contributed by atoms with Gasteiger partial charge in [0.2, 0.25) is 0 Å². The first-order chi connectivity index (χ1) is 8.11. The monoisotopic (exact) mass is 269 g/mol. The first kappa shape index (κ1) is 14.0. The Bertz CT molecular complexity index is 474. The number of halogens is 4. The molecule has 0 fully saturated rings. The van der Waals surface area contributed by atoms with Gasteiger partial charge in [0.25, 0.3) is 0 Å². The van der Waals surface area contributed by atoms with Gasteiger partial charge in [0.15, 0.2) is 11.9 Å². The number of hydrogen-bond acceptors (Lipinski definition) is 4. The first-order valence-electron chi connectivity index (χ1n) is 4.37. The molecule has 1 rings (SSSR count). The molecule has 0 heterocycles. The van der Waals surface area contributed by atoms with Crippen LogP contribution in [0.15, 0.2) is 12.1 Å². The second kappa shape index (κ2) is 4.69. The van der Waals surface area contributed by atoms with Gasteiger partial charge >= 0.3 is 12.3 Å². The van der Waals surface area contributed by atoms with E-state index in [1.54, 1.807) is 0 Å². The van der Waals surface area contributed by atoms with Crippen molar-refractivity contribution in [3.05, 3.63) is 23.5 Å². The molecule has 1 unspecified atom stereocenters. The standard InChI is InChI=1S/C9H7F4NO4/c10-3-1-4(7(15)8(16)17)6(14)5(2-3)18-9(11,12)13/h1-2,7,15H,14H2,(H,16,17). The number of alkyl halides is 3. The zero-order chi connectivity index (χ0) is 14.1. The lowest BCUT2D eigenvalue weighted by Crippen LogP contribution is -2.20. The van der Waals surface area contributed by atoms with Crippen molar-refractivity contribution in [1.29, 1.82) is 0 Å². The van der Waals surface area contributed by atoms with E-state index >= 15 is 0 Å². The van der Waals surface area contributed by atoms with Gasteiger partial charge in [-0.1, -0.05) is 0 Å². The summed E-state index contributed by atoms with van der Waals surface area (Å²) in [7, 11) is 0. The van der Waals surface area contributed by atoms with E-state index in [0.29, 0.717) is 12.1 Å². The maximum absolute atomic E-state index is 13.0. The normalized spacial score (nSPS) is 13.2. The average Bonchev–Trinajstić information content (AvgIpc) is 2.19. The second-order valence-electron chi connectivity index (χ2n) is 3.20. The molecule has 5 nitrogen and oxygen atoms in total. The van der Waals surface area contributed by atoms with Crippen LogP contribution in [0.1, 0.15) is 11.7 Å². The number of benzene rings is 1. The van der Waals surface area contributed by atoms with Crippen molar-refractivity contribution >= 4 is 11.7 Å². The number of nitrogen functional groups attached to an aromatic ring is 1. The Hall–Kier alpha value is -2.03. The van der Waals surface area contributed by atoms with E-state index < -0.39 is 41.3 Å². The van der Waals surface area contributed by atoms with E-state index in [1.165, 1.54) is 0 Å². The number of carboxylic acids is 1. The zero-order valence-electron chi connectivity index (χ0n) is 8.53. The minimum Gasteiger partial charge on any atom is -0.479 e. The molecule has 1 atom stereocenters. The Morgan fingerprint density at radius 1 is 1.39 bits per heavy atom. The topological polar surface area (TPSA) is 92.8 Å². The van der Waals surface area contributed by atoms with Gasteiger partial charge in [0.1, 0.15) is 5.82 Å². The average molecular weight is 269 g/mol. The van der Waals surface area contributed by atoms with Gasteiger partial charge in [0.05, 0.1) is 5.69 Å². The highest BCUT2D eigenvalue weighted by Crippen LogP contribution is 2.34. The van der Waals surface area contributed by atoms with Gasteiger partial charge in [-0.3, -0.25) is 0 Å². The van der Waals surface area contributed by atoms with Crippen LogP contribution >= 0.6 is 0 Å². The summed E-state index contributed by atoms with van der Waals surface area (Å²) in [6.45, 7) is 0. The lowest BCUT2D eigenvalue weighted by molar-refractivity contribution is -0.274. The maximum atomic E-state index is 13.0. The third-order valence-corrected chi connectivity index (χ3v) is 1.89. The van der Waals surface area contributed by atoms with Gasteiger partial charge in [-0.25, -0.2) is 9.18 Å². The first-order valence-corrected chi connectivity index (χ1v) is 4.37. The molecule has 0 aliphatic rings. The number of ether oxygens (including phenoxy) is 1. The van der Waals surface area contributed by atoms with Crippen molar-refractivity contribution in [2.45, 2.75) is 12.5 Å². The Kier molecular flexibility index (Phi) is 3.65. The fourth-order valence-electron chi connectivity index (χ4n) is 1.18. The summed E-state index contributed by atoms with van der Waals surface area (Å²) in [5, 5.41) is 17.6. The van der Waals surface area contributed by atoms with Crippen LogP contribution in [0.5, 0.6) is 5.75 Å². The van der Waals surface area contributed by atoms with E-state index in [4.69, 9.17) is 15.9 Å². The van der Waals surface area contributed by atoms with E-state index in [-0.39, 0.29) is 0 Å². The molecule has 9 heteroatoms. The number of hydrogen-bond donors (Lipinski definition) is 3. The highest BCUT2D eigenvalue weighted by Gasteiger charge is 2.33. The summed E-state index contributed by atoms with van der Waals surface area (Å²) in [5.74, 6) is -4.12. The summed E-state index contributed by atoms with van der Waals surface area (Å²) in [6.07, 6.45) is -7.37. The number of aliphatic carboxylic acids is 1. The molecule has 18 heavy (non-hydrogen) atoms. The number of aliphatic hydroxyl groups excluding tert-OH is 1. The second-order valence-corrected chi connectivity index (χ2v) is 3.20. The highest BCUT2D eigenvalue weighted by atomic mass is 19.4. The lowest BCUT2D eigenvalue weighted by atomic mass is 10.1. The Balaban J connectivity index is 3.26. The molecule has 0 aliphatic heterocycles. The lowest BCUT2D eigenvalue weighted by Gasteiger charge is -2.15. The Labute approximate surface area is 97.4 Å². The minimum atomic E-state index is -5.12. The van der Waals surface area contributed by atoms with Gasteiger partial charge in [-0.05, 0) is 6.07 Å². The van der Waals surface area contributed by atoms with Crippen LogP contribution in [0, 0.1) is 5.82 Å². The molecule has 0 aliphatic carbocycles. The predicted molar refractivity (Wildman–Crippen MR) is 50.1 cm³/mol. The molecular weight excluding hydrogens is 262 g/mol. The fraction of sp³-hybridized carbons (Fsp3) is 0.222. The summed E-state index contributed by atoms with van der Waals surface area (Å²) < 4.78 is 52.3. The maximum Gasteiger partial charge on any atom is 0.573 e. The van der Waals surface area contributed by atoms with E-state index in [0.717, 1.165) is 0 Å². The largest absolute Gasteiger partial charge is 0.573 e. The molecule has 100 valence electrons. The molecule has 0 aromatic heterocycles. The molecule has 0 amide bonds. The Morgan fingerprint density at radius 2 is 1.94 bits per heavy atom. The minimum absolute atomic E-state index is 0.334. The number of carbonyl (C=O) groups is 1. The molecule has 0 saturated heterocycles. The van der Waals surface area contributed by atoms with Crippen LogP contribution in [0.25, 0.3) is 0 Å². The number of aliphatic hydroxyl groups is 1. The molecule has 0 saturated carbocycles. The quantitative estimate of drug-likeness (QED) is 0.570. The van der Waals surface area contributed by atoms with Crippen LogP contribution in [0.4, 0.5) is 23.2 Å². The van der Waals surface area contributed by atoms with Crippen molar-refractivity contribution in [2.24, 2.45) is 0 Å². The van der Waals surface area contributed by atoms with Gasteiger partial charge in [-0.15, -0.1) is 13.2 Å². The van der Waals surface area contributed by atoms with Crippen molar-refractivity contribution in [2.75, 3.05) is 5.73 Å². The number of carboxylic acid groups (broad SMARTS) is 1. The third kappa shape index (κ3) is 3.23. The predicted octanol–water partition coefficient (Wildman–Crippen LogP) is 1.42. The molecule has 0 spiro atoms. The SMILES string of the molecule is Nc1c(OC(F)(F)F)cc(F)cc1C(O)C(=O)O. The van der Waals surface area contributed by atoms with Crippen LogP contribution in [-0.2, 0) is 4.79 Å². The smallest absolute Gasteiger partial charge is 0.479 e. The van der Waals surface area contributed by atoms with E-state index in [2.05, 4.69) is 4.74 Å². The van der Waals surface area contributed by atoms with Crippen LogP contribution in [0.2, 0.25) is 0 Å². The van der Waals surface area contributed by atoms with Crippen LogP contribution in [-0.4, -0.2) is 22.5 Å². The molecule has 1 aromatic carbocycles. The van der Waals surface area contributed by atoms with Crippen molar-refractivity contribution in [3.8, 4) is 5.75 Å². The molecule has 0 radical (unpaired) electrons. The molecular formula is C9H7F4NO4.